The maximum absolute atomic E-state index is 12.3. The fourth-order valence-electron chi connectivity index (χ4n) is 1.43. The summed E-state index contributed by atoms with van der Waals surface area (Å²) in [4.78, 5) is 4.09. The van der Waals surface area contributed by atoms with E-state index in [2.05, 4.69) is 4.99 Å². The quantitative estimate of drug-likeness (QED) is 0.812. The van der Waals surface area contributed by atoms with Crippen molar-refractivity contribution in [1.82, 2.24) is 0 Å². The molecule has 0 amide bonds. The summed E-state index contributed by atoms with van der Waals surface area (Å²) in [6, 6.07) is 2.89. The molecule has 1 aromatic carbocycles. The first-order valence-electron chi connectivity index (χ1n) is 5.37. The van der Waals surface area contributed by atoms with Crippen LogP contribution < -0.4 is 0 Å². The molecule has 0 saturated heterocycles. The fraction of sp³-hybridized carbons (Fsp3) is 0.417. The third kappa shape index (κ3) is 3.22. The highest BCUT2D eigenvalue weighted by atomic mass is 19.4. The van der Waals surface area contributed by atoms with Gasteiger partial charge in [-0.3, -0.25) is 4.99 Å². The van der Waals surface area contributed by atoms with Gasteiger partial charge in [-0.2, -0.15) is 13.2 Å². The lowest BCUT2D eigenvalue weighted by molar-refractivity contribution is -0.137. The second kappa shape index (κ2) is 4.39. The van der Waals surface area contributed by atoms with Gasteiger partial charge in [-0.25, -0.2) is 0 Å². The predicted octanol–water partition coefficient (Wildman–Crippen LogP) is 3.24. The summed E-state index contributed by atoms with van der Waals surface area (Å²) < 4.78 is 37.0. The number of rotatable bonds is 3. The molecule has 1 aliphatic rings. The van der Waals surface area contributed by atoms with Gasteiger partial charge >= 0.3 is 6.18 Å². The number of benzene rings is 1. The van der Waals surface area contributed by atoms with E-state index < -0.39 is 11.7 Å². The van der Waals surface area contributed by atoms with Crippen molar-refractivity contribution >= 4 is 6.21 Å². The lowest BCUT2D eigenvalue weighted by Crippen LogP contribution is -2.04. The number of hydrogen-bond donors (Lipinski definition) is 1. The summed E-state index contributed by atoms with van der Waals surface area (Å²) in [7, 11) is 0. The summed E-state index contributed by atoms with van der Waals surface area (Å²) >= 11 is 0. The van der Waals surface area contributed by atoms with Gasteiger partial charge in [0.05, 0.1) is 5.56 Å². The molecule has 17 heavy (non-hydrogen) atoms. The van der Waals surface area contributed by atoms with E-state index in [-0.39, 0.29) is 5.75 Å². The second-order valence-corrected chi connectivity index (χ2v) is 4.21. The Balaban J connectivity index is 2.10. The van der Waals surface area contributed by atoms with Crippen LogP contribution in [0.1, 0.15) is 24.0 Å². The highest BCUT2D eigenvalue weighted by Gasteiger charge is 2.30. The van der Waals surface area contributed by atoms with Crippen LogP contribution in [0.5, 0.6) is 5.75 Å². The molecule has 0 aliphatic heterocycles. The van der Waals surface area contributed by atoms with Crippen molar-refractivity contribution in [2.24, 2.45) is 10.9 Å². The number of hydrogen-bond acceptors (Lipinski definition) is 2. The van der Waals surface area contributed by atoms with Crippen LogP contribution in [0.4, 0.5) is 13.2 Å². The van der Waals surface area contributed by atoms with Gasteiger partial charge in [-0.1, -0.05) is 0 Å². The SMILES string of the molecule is Oc1cc(C(F)(F)F)ccc1C=NCC1CC1. The van der Waals surface area contributed by atoms with Crippen molar-refractivity contribution in [2.75, 3.05) is 6.54 Å². The molecule has 1 fully saturated rings. The Morgan fingerprint density at radius 3 is 2.59 bits per heavy atom. The van der Waals surface area contributed by atoms with Crippen LogP contribution in [0.3, 0.4) is 0 Å². The van der Waals surface area contributed by atoms with Crippen LogP contribution >= 0.6 is 0 Å². The second-order valence-electron chi connectivity index (χ2n) is 4.21. The first-order valence-corrected chi connectivity index (χ1v) is 5.37. The van der Waals surface area contributed by atoms with Crippen LogP contribution in [0.25, 0.3) is 0 Å². The molecule has 0 spiro atoms. The zero-order chi connectivity index (χ0) is 12.5. The van der Waals surface area contributed by atoms with Gasteiger partial charge in [0.15, 0.2) is 0 Å². The van der Waals surface area contributed by atoms with E-state index in [0.29, 0.717) is 18.0 Å². The van der Waals surface area contributed by atoms with Crippen LogP contribution in [-0.2, 0) is 6.18 Å². The maximum atomic E-state index is 12.3. The van der Waals surface area contributed by atoms with Gasteiger partial charge in [-0.05, 0) is 37.0 Å². The third-order valence-corrected chi connectivity index (χ3v) is 2.65. The molecule has 1 aliphatic carbocycles. The summed E-state index contributed by atoms with van der Waals surface area (Å²) in [5.74, 6) is 0.224. The van der Waals surface area contributed by atoms with Crippen LogP contribution in [-0.4, -0.2) is 17.9 Å². The minimum Gasteiger partial charge on any atom is -0.507 e. The highest BCUT2D eigenvalue weighted by Crippen LogP contribution is 2.32. The predicted molar refractivity (Wildman–Crippen MR) is 58.3 cm³/mol. The number of halogens is 3. The Morgan fingerprint density at radius 2 is 2.06 bits per heavy atom. The largest absolute Gasteiger partial charge is 0.507 e. The molecule has 0 radical (unpaired) electrons. The zero-order valence-electron chi connectivity index (χ0n) is 9.04. The minimum absolute atomic E-state index is 0.318. The molecule has 2 nitrogen and oxygen atoms in total. The molecular formula is C12H12F3NO. The van der Waals surface area contributed by atoms with E-state index in [1.165, 1.54) is 12.3 Å². The fourth-order valence-corrected chi connectivity index (χ4v) is 1.43. The van der Waals surface area contributed by atoms with E-state index in [1.54, 1.807) is 0 Å². The van der Waals surface area contributed by atoms with Gasteiger partial charge < -0.3 is 5.11 Å². The molecule has 0 atom stereocenters. The standard InChI is InChI=1S/C12H12F3NO/c13-12(14,15)10-4-3-9(11(17)5-10)7-16-6-8-1-2-8/h3-5,7-8,17H,1-2,6H2. The monoisotopic (exact) mass is 243 g/mol. The van der Waals surface area contributed by atoms with Crippen molar-refractivity contribution in [1.29, 1.82) is 0 Å². The zero-order valence-corrected chi connectivity index (χ0v) is 9.04. The first kappa shape index (κ1) is 12.0. The van der Waals surface area contributed by atoms with Gasteiger partial charge in [0.25, 0.3) is 0 Å². The number of phenolic OH excluding ortho intramolecular Hbond substituents is 1. The molecule has 1 N–H and O–H groups in total. The molecule has 2 rings (SSSR count). The topological polar surface area (TPSA) is 32.6 Å². The number of aromatic hydroxyl groups is 1. The molecule has 5 heteroatoms. The molecule has 0 heterocycles. The van der Waals surface area contributed by atoms with E-state index in [4.69, 9.17) is 0 Å². The van der Waals surface area contributed by atoms with Gasteiger partial charge in [-0.15, -0.1) is 0 Å². The molecule has 0 aromatic heterocycles. The number of aliphatic imine (C=N–C) groups is 1. The Morgan fingerprint density at radius 1 is 1.35 bits per heavy atom. The summed E-state index contributed by atoms with van der Waals surface area (Å²) in [5.41, 5.74) is -0.534. The molecule has 0 unspecified atom stereocenters. The van der Waals surface area contributed by atoms with Crippen LogP contribution in [0.15, 0.2) is 23.2 Å². The van der Waals surface area contributed by atoms with E-state index in [0.717, 1.165) is 25.0 Å². The van der Waals surface area contributed by atoms with Gasteiger partial charge in [0.2, 0.25) is 0 Å². The lowest BCUT2D eigenvalue weighted by atomic mass is 10.1. The van der Waals surface area contributed by atoms with Crippen molar-refractivity contribution in [3.05, 3.63) is 29.3 Å². The Hall–Kier alpha value is -1.52. The molecule has 1 saturated carbocycles. The van der Waals surface area contributed by atoms with E-state index >= 15 is 0 Å². The summed E-state index contributed by atoms with van der Waals surface area (Å²) in [6.07, 6.45) is -0.679. The summed E-state index contributed by atoms with van der Waals surface area (Å²) in [6.45, 7) is 0.681. The number of phenols is 1. The van der Waals surface area contributed by atoms with Crippen LogP contribution in [0.2, 0.25) is 0 Å². The van der Waals surface area contributed by atoms with Gasteiger partial charge in [0.1, 0.15) is 5.75 Å². The first-order chi connectivity index (χ1) is 7.97. The molecule has 92 valence electrons. The Labute approximate surface area is 96.8 Å². The van der Waals surface area contributed by atoms with Crippen molar-refractivity contribution in [3.8, 4) is 5.75 Å². The van der Waals surface area contributed by atoms with Crippen molar-refractivity contribution < 1.29 is 18.3 Å². The number of nitrogens with zero attached hydrogens (tertiary/aromatic N) is 1. The normalized spacial score (nSPS) is 16.6. The smallest absolute Gasteiger partial charge is 0.416 e. The molecular weight excluding hydrogens is 231 g/mol. The average molecular weight is 243 g/mol. The molecule has 0 bridgehead atoms. The minimum atomic E-state index is -4.43. The number of alkyl halides is 3. The molecule has 1 aromatic rings. The van der Waals surface area contributed by atoms with Crippen molar-refractivity contribution in [3.63, 3.8) is 0 Å². The third-order valence-electron chi connectivity index (χ3n) is 2.65. The van der Waals surface area contributed by atoms with E-state index in [1.807, 2.05) is 0 Å². The van der Waals surface area contributed by atoms with Crippen molar-refractivity contribution in [2.45, 2.75) is 19.0 Å². The summed E-state index contributed by atoms with van der Waals surface area (Å²) in [5, 5.41) is 9.44. The maximum Gasteiger partial charge on any atom is 0.416 e. The van der Waals surface area contributed by atoms with Crippen LogP contribution in [0, 0.1) is 5.92 Å². The Kier molecular flexibility index (Phi) is 3.09. The highest BCUT2D eigenvalue weighted by molar-refractivity contribution is 5.83. The van der Waals surface area contributed by atoms with E-state index in [9.17, 15) is 18.3 Å². The Bertz CT molecular complexity index is 436. The lowest BCUT2D eigenvalue weighted by Gasteiger charge is -2.07. The van der Waals surface area contributed by atoms with Gasteiger partial charge in [0, 0.05) is 18.3 Å². The average Bonchev–Trinajstić information content (AvgIpc) is 3.02.